The van der Waals surface area contributed by atoms with Crippen LogP contribution in [0, 0.1) is 0 Å². The SMILES string of the molecule is CC(C)N1CCCCC1Cc1cc(CO)no1. The summed E-state index contributed by atoms with van der Waals surface area (Å²) in [5.74, 6) is 0.895. The van der Waals surface area contributed by atoms with Crippen molar-refractivity contribution in [3.05, 3.63) is 17.5 Å². The summed E-state index contributed by atoms with van der Waals surface area (Å²) >= 11 is 0. The number of piperidine rings is 1. The van der Waals surface area contributed by atoms with Gasteiger partial charge in [-0.2, -0.15) is 0 Å². The standard InChI is InChI=1S/C13H22N2O2/c1-10(2)15-6-4-3-5-12(15)8-13-7-11(9-16)14-17-13/h7,10,12,16H,3-6,8-9H2,1-2H3. The van der Waals surface area contributed by atoms with Crippen molar-refractivity contribution in [2.75, 3.05) is 6.54 Å². The topological polar surface area (TPSA) is 49.5 Å². The molecule has 1 N–H and O–H groups in total. The van der Waals surface area contributed by atoms with Crippen LogP contribution < -0.4 is 0 Å². The molecule has 0 aromatic carbocycles. The highest BCUT2D eigenvalue weighted by molar-refractivity contribution is 5.06. The van der Waals surface area contributed by atoms with Gasteiger partial charge in [-0.1, -0.05) is 11.6 Å². The van der Waals surface area contributed by atoms with Crippen LogP contribution in [0.1, 0.15) is 44.6 Å². The molecular weight excluding hydrogens is 216 g/mol. The molecule has 0 aliphatic carbocycles. The third kappa shape index (κ3) is 3.07. The van der Waals surface area contributed by atoms with E-state index in [0.29, 0.717) is 17.8 Å². The zero-order valence-corrected chi connectivity index (χ0v) is 10.7. The van der Waals surface area contributed by atoms with Crippen molar-refractivity contribution in [3.8, 4) is 0 Å². The number of rotatable bonds is 4. The van der Waals surface area contributed by atoms with Crippen molar-refractivity contribution in [1.29, 1.82) is 0 Å². The third-order valence-electron chi connectivity index (χ3n) is 3.54. The van der Waals surface area contributed by atoms with Crippen LogP contribution in [0.5, 0.6) is 0 Å². The highest BCUT2D eigenvalue weighted by atomic mass is 16.5. The lowest BCUT2D eigenvalue weighted by molar-refractivity contribution is 0.106. The molecule has 4 nitrogen and oxygen atoms in total. The quantitative estimate of drug-likeness (QED) is 0.871. The van der Waals surface area contributed by atoms with Gasteiger partial charge in [0.1, 0.15) is 11.5 Å². The number of nitrogens with zero attached hydrogens (tertiary/aromatic N) is 2. The first kappa shape index (κ1) is 12.6. The van der Waals surface area contributed by atoms with Crippen LogP contribution in [0.4, 0.5) is 0 Å². The lowest BCUT2D eigenvalue weighted by Crippen LogP contribution is -2.44. The van der Waals surface area contributed by atoms with Gasteiger partial charge in [0.2, 0.25) is 0 Å². The van der Waals surface area contributed by atoms with Gasteiger partial charge in [-0.15, -0.1) is 0 Å². The molecule has 0 bridgehead atoms. The van der Waals surface area contributed by atoms with Crippen LogP contribution in [0.2, 0.25) is 0 Å². The van der Waals surface area contributed by atoms with Crippen LogP contribution >= 0.6 is 0 Å². The molecule has 2 rings (SSSR count). The van der Waals surface area contributed by atoms with Crippen molar-refractivity contribution in [1.82, 2.24) is 10.1 Å². The minimum atomic E-state index is -0.0396. The van der Waals surface area contributed by atoms with Crippen LogP contribution in [-0.4, -0.2) is 33.8 Å². The Kier molecular flexibility index (Phi) is 4.18. The largest absolute Gasteiger partial charge is 0.390 e. The van der Waals surface area contributed by atoms with E-state index in [-0.39, 0.29) is 6.61 Å². The molecule has 1 saturated heterocycles. The fourth-order valence-corrected chi connectivity index (χ4v) is 2.68. The first-order valence-electron chi connectivity index (χ1n) is 6.51. The smallest absolute Gasteiger partial charge is 0.138 e. The summed E-state index contributed by atoms with van der Waals surface area (Å²) < 4.78 is 5.25. The van der Waals surface area contributed by atoms with Crippen molar-refractivity contribution < 1.29 is 9.63 Å². The average molecular weight is 238 g/mol. The van der Waals surface area contributed by atoms with Gasteiger partial charge in [0.05, 0.1) is 6.61 Å². The number of aromatic nitrogens is 1. The summed E-state index contributed by atoms with van der Waals surface area (Å²) in [6.07, 6.45) is 4.74. The Balaban J connectivity index is 2.00. The summed E-state index contributed by atoms with van der Waals surface area (Å²) in [6, 6.07) is 3.01. The van der Waals surface area contributed by atoms with E-state index in [9.17, 15) is 0 Å². The van der Waals surface area contributed by atoms with Crippen molar-refractivity contribution in [3.63, 3.8) is 0 Å². The maximum absolute atomic E-state index is 8.96. The number of hydrogen-bond donors (Lipinski definition) is 1. The maximum atomic E-state index is 8.96. The Morgan fingerprint density at radius 1 is 1.53 bits per heavy atom. The second-order valence-electron chi connectivity index (χ2n) is 5.13. The van der Waals surface area contributed by atoms with Crippen molar-refractivity contribution in [2.45, 2.75) is 58.2 Å². The molecule has 0 radical (unpaired) electrons. The van der Waals surface area contributed by atoms with Crippen molar-refractivity contribution in [2.24, 2.45) is 0 Å². The van der Waals surface area contributed by atoms with Gasteiger partial charge in [-0.25, -0.2) is 0 Å². The summed E-state index contributed by atoms with van der Waals surface area (Å²) in [7, 11) is 0. The normalized spacial score (nSPS) is 22.2. The van der Waals surface area contributed by atoms with Crippen LogP contribution in [0.25, 0.3) is 0 Å². The highest BCUT2D eigenvalue weighted by Crippen LogP contribution is 2.23. The lowest BCUT2D eigenvalue weighted by atomic mass is 9.97. The van der Waals surface area contributed by atoms with Crippen LogP contribution in [0.15, 0.2) is 10.6 Å². The van der Waals surface area contributed by atoms with Gasteiger partial charge >= 0.3 is 0 Å². The van der Waals surface area contributed by atoms with E-state index < -0.39 is 0 Å². The number of hydrogen-bond acceptors (Lipinski definition) is 4. The summed E-state index contributed by atoms with van der Waals surface area (Å²) in [5.41, 5.74) is 0.631. The van der Waals surface area contributed by atoms with Crippen LogP contribution in [-0.2, 0) is 13.0 Å². The average Bonchev–Trinajstić information content (AvgIpc) is 2.77. The van der Waals surface area contributed by atoms with E-state index in [2.05, 4.69) is 23.9 Å². The zero-order valence-electron chi connectivity index (χ0n) is 10.7. The van der Waals surface area contributed by atoms with E-state index in [1.54, 1.807) is 0 Å². The molecule has 1 aromatic rings. The summed E-state index contributed by atoms with van der Waals surface area (Å²) in [6.45, 7) is 5.64. The number of likely N-dealkylation sites (tertiary alicyclic amines) is 1. The minimum Gasteiger partial charge on any atom is -0.390 e. The molecule has 1 fully saturated rings. The third-order valence-corrected chi connectivity index (χ3v) is 3.54. The molecule has 1 unspecified atom stereocenters. The fourth-order valence-electron chi connectivity index (χ4n) is 2.68. The van der Waals surface area contributed by atoms with Crippen LogP contribution in [0.3, 0.4) is 0 Å². The maximum Gasteiger partial charge on any atom is 0.138 e. The zero-order chi connectivity index (χ0) is 12.3. The second kappa shape index (κ2) is 5.65. The monoisotopic (exact) mass is 238 g/mol. The molecule has 1 aromatic heterocycles. The molecule has 0 saturated carbocycles. The molecule has 2 heterocycles. The molecular formula is C13H22N2O2. The molecule has 4 heteroatoms. The Morgan fingerprint density at radius 2 is 2.35 bits per heavy atom. The second-order valence-corrected chi connectivity index (χ2v) is 5.13. The van der Waals surface area contributed by atoms with Gasteiger partial charge in [-0.05, 0) is 33.2 Å². The van der Waals surface area contributed by atoms with Crippen molar-refractivity contribution >= 4 is 0 Å². The van der Waals surface area contributed by atoms with Gasteiger partial charge in [-0.3, -0.25) is 4.90 Å². The van der Waals surface area contributed by atoms with Gasteiger partial charge in [0, 0.05) is 24.6 Å². The van der Waals surface area contributed by atoms with E-state index in [1.165, 1.54) is 25.8 Å². The number of aliphatic hydroxyl groups excluding tert-OH is 1. The molecule has 0 spiro atoms. The number of aliphatic hydroxyl groups is 1. The summed E-state index contributed by atoms with van der Waals surface area (Å²) in [4.78, 5) is 2.55. The van der Waals surface area contributed by atoms with E-state index in [4.69, 9.17) is 9.63 Å². The Labute approximate surface area is 103 Å². The van der Waals surface area contributed by atoms with E-state index in [0.717, 1.165) is 12.2 Å². The fraction of sp³-hybridized carbons (Fsp3) is 0.769. The summed E-state index contributed by atoms with van der Waals surface area (Å²) in [5, 5.41) is 12.8. The highest BCUT2D eigenvalue weighted by Gasteiger charge is 2.25. The first-order valence-corrected chi connectivity index (χ1v) is 6.51. The molecule has 1 aliphatic heterocycles. The predicted octanol–water partition coefficient (Wildman–Crippen LogP) is 1.97. The molecule has 1 aliphatic rings. The predicted molar refractivity (Wildman–Crippen MR) is 65.6 cm³/mol. The Morgan fingerprint density at radius 3 is 3.00 bits per heavy atom. The first-order chi connectivity index (χ1) is 8.20. The molecule has 1 atom stereocenters. The van der Waals surface area contributed by atoms with E-state index in [1.807, 2.05) is 6.07 Å². The lowest BCUT2D eigenvalue weighted by Gasteiger charge is -2.38. The molecule has 96 valence electrons. The Hall–Kier alpha value is -0.870. The minimum absolute atomic E-state index is 0.0396. The Bertz CT molecular complexity index is 349. The van der Waals surface area contributed by atoms with E-state index >= 15 is 0 Å². The van der Waals surface area contributed by atoms with Gasteiger partial charge in [0.15, 0.2) is 0 Å². The molecule has 17 heavy (non-hydrogen) atoms. The van der Waals surface area contributed by atoms with Gasteiger partial charge in [0.25, 0.3) is 0 Å². The molecule has 0 amide bonds. The van der Waals surface area contributed by atoms with Gasteiger partial charge < -0.3 is 9.63 Å².